The number of rotatable bonds is 11. The molecule has 1 aromatic carbocycles. The zero-order valence-corrected chi connectivity index (χ0v) is 18.5. The molecule has 0 amide bonds. The molecular weight excluding hydrogens is 382 g/mol. The Morgan fingerprint density at radius 2 is 2.03 bits per heavy atom. The summed E-state index contributed by atoms with van der Waals surface area (Å²) < 4.78 is 22.9. The summed E-state index contributed by atoms with van der Waals surface area (Å²) >= 11 is 0. The highest BCUT2D eigenvalue weighted by molar-refractivity contribution is 5.79. The molecule has 1 unspecified atom stereocenters. The summed E-state index contributed by atoms with van der Waals surface area (Å²) in [5.41, 5.74) is 1.10. The SMILES string of the molecule is CN=C(NCCCOCC1CCCO1)NCc1ccc(OC)cc1OC1CCCC1. The summed E-state index contributed by atoms with van der Waals surface area (Å²) in [6.45, 7) is 3.75. The molecule has 1 heterocycles. The lowest BCUT2D eigenvalue weighted by Crippen LogP contribution is -2.37. The summed E-state index contributed by atoms with van der Waals surface area (Å²) in [5, 5.41) is 6.73. The van der Waals surface area contributed by atoms with Crippen LogP contribution in [0.2, 0.25) is 0 Å². The van der Waals surface area contributed by atoms with Crippen molar-refractivity contribution in [2.45, 2.75) is 63.7 Å². The maximum absolute atomic E-state index is 6.28. The Bertz CT molecular complexity index is 656. The van der Waals surface area contributed by atoms with Crippen molar-refractivity contribution in [2.75, 3.05) is 40.5 Å². The molecule has 0 aromatic heterocycles. The van der Waals surface area contributed by atoms with Gasteiger partial charge in [-0.25, -0.2) is 0 Å². The third-order valence-corrected chi connectivity index (χ3v) is 5.63. The number of guanidine groups is 1. The van der Waals surface area contributed by atoms with E-state index in [9.17, 15) is 0 Å². The van der Waals surface area contributed by atoms with Gasteiger partial charge in [-0.2, -0.15) is 0 Å². The first-order chi connectivity index (χ1) is 14.8. The van der Waals surface area contributed by atoms with Crippen molar-refractivity contribution in [3.05, 3.63) is 23.8 Å². The van der Waals surface area contributed by atoms with Gasteiger partial charge >= 0.3 is 0 Å². The fourth-order valence-corrected chi connectivity index (χ4v) is 3.87. The van der Waals surface area contributed by atoms with Crippen molar-refractivity contribution in [1.29, 1.82) is 0 Å². The van der Waals surface area contributed by atoms with Crippen molar-refractivity contribution < 1.29 is 18.9 Å². The molecule has 1 atom stereocenters. The molecule has 0 radical (unpaired) electrons. The lowest BCUT2D eigenvalue weighted by molar-refractivity contribution is 0.0168. The van der Waals surface area contributed by atoms with Crippen LogP contribution in [-0.2, 0) is 16.0 Å². The molecule has 3 rings (SSSR count). The van der Waals surface area contributed by atoms with Gasteiger partial charge in [-0.1, -0.05) is 0 Å². The van der Waals surface area contributed by atoms with E-state index in [0.717, 1.165) is 74.9 Å². The monoisotopic (exact) mass is 419 g/mol. The van der Waals surface area contributed by atoms with Crippen molar-refractivity contribution in [3.8, 4) is 11.5 Å². The summed E-state index contributed by atoms with van der Waals surface area (Å²) in [7, 11) is 3.47. The van der Waals surface area contributed by atoms with Gasteiger partial charge in [0.05, 0.1) is 25.9 Å². The van der Waals surface area contributed by atoms with Gasteiger partial charge in [-0.15, -0.1) is 0 Å². The molecule has 2 N–H and O–H groups in total. The van der Waals surface area contributed by atoms with Gasteiger partial charge in [0.2, 0.25) is 0 Å². The Kier molecular flexibility index (Phi) is 9.57. The fraction of sp³-hybridized carbons (Fsp3) is 0.696. The van der Waals surface area contributed by atoms with Crippen LogP contribution in [0.4, 0.5) is 0 Å². The standard InChI is InChI=1S/C23H37N3O4/c1-24-23(25-12-6-13-28-17-21-9-5-14-29-21)26-16-18-10-11-20(27-2)15-22(18)30-19-7-3-4-8-19/h10-11,15,19,21H,3-9,12-14,16-17H2,1-2H3,(H2,24,25,26). The third-order valence-electron chi connectivity index (χ3n) is 5.63. The third kappa shape index (κ3) is 7.36. The van der Waals surface area contributed by atoms with E-state index >= 15 is 0 Å². The molecule has 0 spiro atoms. The first-order valence-corrected chi connectivity index (χ1v) is 11.3. The van der Waals surface area contributed by atoms with Gasteiger partial charge in [0, 0.05) is 45.0 Å². The van der Waals surface area contributed by atoms with E-state index in [1.54, 1.807) is 14.2 Å². The molecule has 7 nitrogen and oxygen atoms in total. The minimum atomic E-state index is 0.289. The Balaban J connectivity index is 1.40. The minimum Gasteiger partial charge on any atom is -0.497 e. The van der Waals surface area contributed by atoms with E-state index in [0.29, 0.717) is 19.3 Å². The van der Waals surface area contributed by atoms with E-state index in [1.165, 1.54) is 12.8 Å². The Morgan fingerprint density at radius 3 is 2.77 bits per heavy atom. The predicted octanol–water partition coefficient (Wildman–Crippen LogP) is 3.27. The van der Waals surface area contributed by atoms with E-state index < -0.39 is 0 Å². The van der Waals surface area contributed by atoms with Crippen LogP contribution in [0.5, 0.6) is 11.5 Å². The zero-order valence-electron chi connectivity index (χ0n) is 18.5. The van der Waals surface area contributed by atoms with Crippen LogP contribution in [-0.4, -0.2) is 58.7 Å². The number of benzene rings is 1. The summed E-state index contributed by atoms with van der Waals surface area (Å²) in [5.74, 6) is 2.49. The van der Waals surface area contributed by atoms with Crippen molar-refractivity contribution in [2.24, 2.45) is 4.99 Å². The maximum atomic E-state index is 6.28. The van der Waals surface area contributed by atoms with Gasteiger partial charge in [0.15, 0.2) is 5.96 Å². The Labute approximate surface area is 180 Å². The average molecular weight is 420 g/mol. The fourth-order valence-electron chi connectivity index (χ4n) is 3.87. The largest absolute Gasteiger partial charge is 0.497 e. The van der Waals surface area contributed by atoms with E-state index in [4.69, 9.17) is 18.9 Å². The molecule has 1 aromatic rings. The number of nitrogens with one attached hydrogen (secondary N) is 2. The van der Waals surface area contributed by atoms with Gasteiger partial charge in [-0.3, -0.25) is 4.99 Å². The molecule has 1 aliphatic carbocycles. The van der Waals surface area contributed by atoms with Crippen LogP contribution in [0.15, 0.2) is 23.2 Å². The second-order valence-electron chi connectivity index (χ2n) is 7.91. The maximum Gasteiger partial charge on any atom is 0.191 e. The molecule has 1 aliphatic heterocycles. The van der Waals surface area contributed by atoms with Crippen LogP contribution < -0.4 is 20.1 Å². The predicted molar refractivity (Wildman–Crippen MR) is 118 cm³/mol. The summed E-state index contributed by atoms with van der Waals surface area (Å²) in [6, 6.07) is 6.01. The van der Waals surface area contributed by atoms with Gasteiger partial charge in [-0.05, 0) is 57.1 Å². The van der Waals surface area contributed by atoms with E-state index in [2.05, 4.69) is 21.7 Å². The van der Waals surface area contributed by atoms with Crippen molar-refractivity contribution >= 4 is 5.96 Å². The second kappa shape index (κ2) is 12.6. The minimum absolute atomic E-state index is 0.289. The van der Waals surface area contributed by atoms with Crippen molar-refractivity contribution in [1.82, 2.24) is 10.6 Å². The number of methoxy groups -OCH3 is 1. The second-order valence-corrected chi connectivity index (χ2v) is 7.91. The lowest BCUT2D eigenvalue weighted by Gasteiger charge is -2.19. The topological polar surface area (TPSA) is 73.3 Å². The number of hydrogen-bond acceptors (Lipinski definition) is 5. The molecule has 2 aliphatic rings. The quantitative estimate of drug-likeness (QED) is 0.326. The molecular formula is C23H37N3O4. The van der Waals surface area contributed by atoms with E-state index in [1.807, 2.05) is 12.1 Å². The highest BCUT2D eigenvalue weighted by Gasteiger charge is 2.18. The van der Waals surface area contributed by atoms with Crippen LogP contribution in [0.25, 0.3) is 0 Å². The molecule has 7 heteroatoms. The average Bonchev–Trinajstić information content (AvgIpc) is 3.47. The van der Waals surface area contributed by atoms with Crippen molar-refractivity contribution in [3.63, 3.8) is 0 Å². The highest BCUT2D eigenvalue weighted by atomic mass is 16.5. The number of aliphatic imine (C=N–C) groups is 1. The number of nitrogens with zero attached hydrogens (tertiary/aromatic N) is 1. The Morgan fingerprint density at radius 1 is 1.17 bits per heavy atom. The van der Waals surface area contributed by atoms with Crippen LogP contribution in [0, 0.1) is 0 Å². The van der Waals surface area contributed by atoms with Gasteiger partial charge in [0.25, 0.3) is 0 Å². The molecule has 1 saturated carbocycles. The zero-order chi connectivity index (χ0) is 21.0. The molecule has 168 valence electrons. The normalized spacial score (nSPS) is 19.8. The van der Waals surface area contributed by atoms with Gasteiger partial charge in [0.1, 0.15) is 11.5 Å². The van der Waals surface area contributed by atoms with Crippen LogP contribution >= 0.6 is 0 Å². The highest BCUT2D eigenvalue weighted by Crippen LogP contribution is 2.30. The molecule has 1 saturated heterocycles. The molecule has 0 bridgehead atoms. The Hall–Kier alpha value is -1.99. The van der Waals surface area contributed by atoms with Crippen LogP contribution in [0.1, 0.15) is 50.5 Å². The number of ether oxygens (including phenoxy) is 4. The smallest absolute Gasteiger partial charge is 0.191 e. The van der Waals surface area contributed by atoms with Crippen LogP contribution in [0.3, 0.4) is 0 Å². The first-order valence-electron chi connectivity index (χ1n) is 11.3. The first kappa shape index (κ1) is 22.7. The summed E-state index contributed by atoms with van der Waals surface area (Å²) in [6.07, 6.45) is 8.54. The van der Waals surface area contributed by atoms with E-state index in [-0.39, 0.29) is 6.10 Å². The van der Waals surface area contributed by atoms with Gasteiger partial charge < -0.3 is 29.6 Å². The molecule has 2 fully saturated rings. The lowest BCUT2D eigenvalue weighted by atomic mass is 10.2. The summed E-state index contributed by atoms with van der Waals surface area (Å²) in [4.78, 5) is 4.32. The molecule has 30 heavy (non-hydrogen) atoms. The number of hydrogen-bond donors (Lipinski definition) is 2.